The van der Waals surface area contributed by atoms with Gasteiger partial charge in [-0.1, -0.05) is 31.6 Å². The van der Waals surface area contributed by atoms with Crippen molar-refractivity contribution in [2.24, 2.45) is 23.7 Å². The van der Waals surface area contributed by atoms with Crippen LogP contribution in [0.2, 0.25) is 0 Å². The van der Waals surface area contributed by atoms with E-state index in [1.165, 1.54) is 19.3 Å². The molecule has 1 fully saturated rings. The Hall–Kier alpha value is -0.520. The third kappa shape index (κ3) is 0.978. The molecule has 0 heteroatoms. The molecule has 0 nitrogen and oxygen atoms in total. The van der Waals surface area contributed by atoms with E-state index in [0.717, 1.165) is 23.7 Å². The first-order valence-corrected chi connectivity index (χ1v) is 5.70. The van der Waals surface area contributed by atoms with Gasteiger partial charge in [-0.15, -0.1) is 0 Å². The van der Waals surface area contributed by atoms with Crippen molar-refractivity contribution < 1.29 is 0 Å². The third-order valence-electron chi connectivity index (χ3n) is 4.31. The van der Waals surface area contributed by atoms with Crippen LogP contribution in [0.4, 0.5) is 0 Å². The third-order valence-corrected chi connectivity index (χ3v) is 4.31. The van der Waals surface area contributed by atoms with E-state index in [2.05, 4.69) is 26.0 Å². The highest BCUT2D eigenvalue weighted by Crippen LogP contribution is 2.58. The Kier molecular flexibility index (Phi) is 1.51. The second-order valence-electron chi connectivity index (χ2n) is 5.10. The molecular formula is C13H18. The Bertz CT molecular complexity index is 295. The summed E-state index contributed by atoms with van der Waals surface area (Å²) in [5.41, 5.74) is 3.54. The van der Waals surface area contributed by atoms with Crippen LogP contribution in [0.5, 0.6) is 0 Å². The molecule has 0 aromatic carbocycles. The van der Waals surface area contributed by atoms with Crippen LogP contribution in [0.3, 0.4) is 0 Å². The van der Waals surface area contributed by atoms with Crippen molar-refractivity contribution in [3.63, 3.8) is 0 Å². The summed E-state index contributed by atoms with van der Waals surface area (Å²) in [6.07, 6.45) is 9.09. The summed E-state index contributed by atoms with van der Waals surface area (Å²) in [5.74, 6) is 3.70. The van der Waals surface area contributed by atoms with Crippen LogP contribution >= 0.6 is 0 Å². The van der Waals surface area contributed by atoms with Crippen LogP contribution in [0.15, 0.2) is 23.3 Å². The average molecular weight is 174 g/mol. The zero-order valence-corrected chi connectivity index (χ0v) is 8.59. The van der Waals surface area contributed by atoms with E-state index in [1.807, 2.05) is 5.57 Å². The monoisotopic (exact) mass is 174 g/mol. The standard InChI is InChI=1S/C13H18/c1-8-4-3-5-10-6-7-11-9(2)13(11)12(8)10/h6-9,11,13H,3-5H2,1-2H3. The van der Waals surface area contributed by atoms with Crippen molar-refractivity contribution in [3.8, 4) is 0 Å². The molecule has 1 saturated carbocycles. The van der Waals surface area contributed by atoms with Crippen molar-refractivity contribution in [2.75, 3.05) is 0 Å². The van der Waals surface area contributed by atoms with Crippen molar-refractivity contribution in [1.82, 2.24) is 0 Å². The van der Waals surface area contributed by atoms with E-state index < -0.39 is 0 Å². The zero-order valence-electron chi connectivity index (χ0n) is 8.59. The lowest BCUT2D eigenvalue weighted by atomic mass is 9.79. The molecule has 4 atom stereocenters. The summed E-state index contributed by atoms with van der Waals surface area (Å²) < 4.78 is 0. The number of rotatable bonds is 0. The summed E-state index contributed by atoms with van der Waals surface area (Å²) in [6, 6.07) is 0. The molecule has 0 heterocycles. The van der Waals surface area contributed by atoms with Gasteiger partial charge in [0.15, 0.2) is 0 Å². The fourth-order valence-electron chi connectivity index (χ4n) is 3.44. The van der Waals surface area contributed by atoms with Crippen molar-refractivity contribution in [2.45, 2.75) is 33.1 Å². The lowest BCUT2D eigenvalue weighted by Crippen LogP contribution is -2.13. The quantitative estimate of drug-likeness (QED) is 0.527. The SMILES string of the molecule is CC1CCCC2=C1C1C(C)C1C=C2. The van der Waals surface area contributed by atoms with E-state index in [4.69, 9.17) is 0 Å². The molecule has 0 N–H and O–H groups in total. The van der Waals surface area contributed by atoms with Gasteiger partial charge in [-0.25, -0.2) is 0 Å². The molecule has 0 bridgehead atoms. The fraction of sp³-hybridized carbons (Fsp3) is 0.692. The highest BCUT2D eigenvalue weighted by Gasteiger charge is 2.50. The first-order chi connectivity index (χ1) is 6.29. The second-order valence-corrected chi connectivity index (χ2v) is 5.10. The molecule has 3 aliphatic rings. The minimum atomic E-state index is 0.881. The van der Waals surface area contributed by atoms with Crippen molar-refractivity contribution in [1.29, 1.82) is 0 Å². The smallest absolute Gasteiger partial charge is 0.00973 e. The maximum atomic E-state index is 2.46. The van der Waals surface area contributed by atoms with Gasteiger partial charge < -0.3 is 0 Å². The number of hydrogen-bond acceptors (Lipinski definition) is 0. The normalized spacial score (nSPS) is 47.2. The highest BCUT2D eigenvalue weighted by atomic mass is 14.5. The molecule has 0 aliphatic heterocycles. The number of hydrogen-bond donors (Lipinski definition) is 0. The molecule has 0 aromatic rings. The van der Waals surface area contributed by atoms with Crippen LogP contribution in [0.1, 0.15) is 33.1 Å². The van der Waals surface area contributed by atoms with Gasteiger partial charge in [0, 0.05) is 0 Å². The highest BCUT2D eigenvalue weighted by molar-refractivity contribution is 5.41. The number of allylic oxidation sites excluding steroid dienone is 4. The van der Waals surface area contributed by atoms with Crippen molar-refractivity contribution >= 4 is 0 Å². The van der Waals surface area contributed by atoms with Gasteiger partial charge in [0.05, 0.1) is 0 Å². The summed E-state index contributed by atoms with van der Waals surface area (Å²) in [6.45, 7) is 4.84. The van der Waals surface area contributed by atoms with Crippen LogP contribution in [-0.2, 0) is 0 Å². The average Bonchev–Trinajstić information content (AvgIpc) is 2.78. The van der Waals surface area contributed by atoms with Gasteiger partial charge in [-0.05, 0) is 48.5 Å². The maximum Gasteiger partial charge on any atom is -0.00973 e. The fourth-order valence-corrected chi connectivity index (χ4v) is 3.44. The second kappa shape index (κ2) is 2.50. The van der Waals surface area contributed by atoms with Gasteiger partial charge in [-0.2, -0.15) is 0 Å². The Morgan fingerprint density at radius 2 is 2.15 bits per heavy atom. The zero-order chi connectivity index (χ0) is 9.00. The molecule has 13 heavy (non-hydrogen) atoms. The topological polar surface area (TPSA) is 0 Å². The van der Waals surface area contributed by atoms with Gasteiger partial charge in [0.25, 0.3) is 0 Å². The molecule has 0 radical (unpaired) electrons. The lowest BCUT2D eigenvalue weighted by Gasteiger charge is -2.27. The van der Waals surface area contributed by atoms with Gasteiger partial charge in [-0.3, -0.25) is 0 Å². The van der Waals surface area contributed by atoms with Crippen LogP contribution in [0, 0.1) is 23.7 Å². The molecule has 3 rings (SSSR count). The first kappa shape index (κ1) is 7.84. The molecule has 0 saturated heterocycles. The van der Waals surface area contributed by atoms with E-state index in [9.17, 15) is 0 Å². The predicted octanol–water partition coefficient (Wildman–Crippen LogP) is 3.55. The number of fused-ring (bicyclic) bond motifs is 2. The molecular weight excluding hydrogens is 156 g/mol. The largest absolute Gasteiger partial charge is 0.0802 e. The van der Waals surface area contributed by atoms with E-state index in [1.54, 1.807) is 5.57 Å². The summed E-state index contributed by atoms with van der Waals surface area (Å²) in [5, 5.41) is 0. The molecule has 0 amide bonds. The van der Waals surface area contributed by atoms with Gasteiger partial charge in [0.1, 0.15) is 0 Å². The Balaban J connectivity index is 2.01. The minimum Gasteiger partial charge on any atom is -0.0802 e. The van der Waals surface area contributed by atoms with E-state index in [-0.39, 0.29) is 0 Å². The molecule has 70 valence electrons. The van der Waals surface area contributed by atoms with Gasteiger partial charge in [0.2, 0.25) is 0 Å². The van der Waals surface area contributed by atoms with Crippen LogP contribution in [-0.4, -0.2) is 0 Å². The summed E-state index contributed by atoms with van der Waals surface area (Å²) in [7, 11) is 0. The molecule has 0 spiro atoms. The van der Waals surface area contributed by atoms with Crippen molar-refractivity contribution in [3.05, 3.63) is 23.3 Å². The Labute approximate surface area is 80.7 Å². The van der Waals surface area contributed by atoms with Crippen LogP contribution in [0.25, 0.3) is 0 Å². The molecule has 3 aliphatic carbocycles. The summed E-state index contributed by atoms with van der Waals surface area (Å²) in [4.78, 5) is 0. The minimum absolute atomic E-state index is 0.881. The van der Waals surface area contributed by atoms with E-state index >= 15 is 0 Å². The van der Waals surface area contributed by atoms with E-state index in [0.29, 0.717) is 0 Å². The first-order valence-electron chi connectivity index (χ1n) is 5.70. The maximum absolute atomic E-state index is 2.46. The Morgan fingerprint density at radius 3 is 3.00 bits per heavy atom. The summed E-state index contributed by atoms with van der Waals surface area (Å²) >= 11 is 0. The van der Waals surface area contributed by atoms with Gasteiger partial charge >= 0.3 is 0 Å². The predicted molar refractivity (Wildman–Crippen MR) is 55.3 cm³/mol. The molecule has 0 aromatic heterocycles. The lowest BCUT2D eigenvalue weighted by molar-refractivity contribution is 0.503. The van der Waals surface area contributed by atoms with Crippen LogP contribution < -0.4 is 0 Å². The molecule has 4 unspecified atom stereocenters. The Morgan fingerprint density at radius 1 is 1.31 bits per heavy atom.